The number of tetrazole rings is 1. The molecule has 1 aromatic heterocycles. The summed E-state index contributed by atoms with van der Waals surface area (Å²) >= 11 is 6.06. The second-order valence-electron chi connectivity index (χ2n) is 7.84. The van der Waals surface area contributed by atoms with Crippen LogP contribution in [0.1, 0.15) is 22.7 Å². The number of carbonyl (C=O) groups excluding carboxylic acids is 1. The molecule has 0 radical (unpaired) electrons. The number of aryl methyl sites for hydroxylation is 1. The summed E-state index contributed by atoms with van der Waals surface area (Å²) in [6.07, 6.45) is 2.09. The van der Waals surface area contributed by atoms with Crippen molar-refractivity contribution < 1.29 is 4.79 Å². The Morgan fingerprint density at radius 2 is 1.82 bits per heavy atom. The van der Waals surface area contributed by atoms with Crippen LogP contribution in [-0.4, -0.2) is 32.7 Å². The Morgan fingerprint density at radius 3 is 2.58 bits per heavy atom. The topological polar surface area (TPSA) is 75.9 Å². The van der Waals surface area contributed by atoms with Crippen LogP contribution in [0, 0.1) is 6.92 Å². The van der Waals surface area contributed by atoms with Gasteiger partial charge < -0.3 is 5.32 Å². The number of benzene rings is 3. The molecular formula is C25H21ClN6O. The summed E-state index contributed by atoms with van der Waals surface area (Å²) in [5.41, 5.74) is 4.69. The maximum Gasteiger partial charge on any atom is 0.251 e. The van der Waals surface area contributed by atoms with Crippen molar-refractivity contribution in [2.75, 3.05) is 16.8 Å². The van der Waals surface area contributed by atoms with Crippen molar-refractivity contribution in [3.05, 3.63) is 107 Å². The van der Waals surface area contributed by atoms with Crippen molar-refractivity contribution in [1.82, 2.24) is 20.2 Å². The summed E-state index contributed by atoms with van der Waals surface area (Å²) < 4.78 is 1.74. The Morgan fingerprint density at radius 1 is 1.03 bits per heavy atom. The number of nitrogens with one attached hydrogen (secondary N) is 1. The molecule has 0 bridgehead atoms. The summed E-state index contributed by atoms with van der Waals surface area (Å²) in [4.78, 5) is 14.8. The summed E-state index contributed by atoms with van der Waals surface area (Å²) in [5.74, 6) is 0.297. The molecule has 3 aromatic carbocycles. The van der Waals surface area contributed by atoms with Crippen molar-refractivity contribution in [2.45, 2.75) is 13.0 Å². The van der Waals surface area contributed by atoms with Gasteiger partial charge in [-0.15, -0.1) is 0 Å². The van der Waals surface area contributed by atoms with Gasteiger partial charge in [-0.25, -0.2) is 0 Å². The van der Waals surface area contributed by atoms with Crippen LogP contribution < -0.4 is 10.2 Å². The highest BCUT2D eigenvalue weighted by molar-refractivity contribution is 6.30. The number of carbonyl (C=O) groups is 1. The summed E-state index contributed by atoms with van der Waals surface area (Å²) in [6, 6.07) is 25.1. The molecule has 0 saturated heterocycles. The minimum absolute atomic E-state index is 0.0358. The fraction of sp³-hybridized carbons (Fsp3) is 0.120. The van der Waals surface area contributed by atoms with Gasteiger partial charge in [-0.2, -0.15) is 4.68 Å². The van der Waals surface area contributed by atoms with Crippen LogP contribution in [0.5, 0.6) is 0 Å². The maximum atomic E-state index is 13.0. The lowest BCUT2D eigenvalue weighted by Crippen LogP contribution is -2.37. The smallest absolute Gasteiger partial charge is 0.251 e. The Balaban J connectivity index is 1.53. The van der Waals surface area contributed by atoms with Gasteiger partial charge in [-0.3, -0.25) is 9.69 Å². The Labute approximate surface area is 196 Å². The van der Waals surface area contributed by atoms with Gasteiger partial charge in [0.1, 0.15) is 12.6 Å². The fourth-order valence-corrected chi connectivity index (χ4v) is 4.09. The first kappa shape index (κ1) is 20.9. The van der Waals surface area contributed by atoms with Crippen molar-refractivity contribution in [3.63, 3.8) is 0 Å². The van der Waals surface area contributed by atoms with Gasteiger partial charge in [0, 0.05) is 10.7 Å². The minimum Gasteiger partial charge on any atom is -0.324 e. The van der Waals surface area contributed by atoms with Crippen LogP contribution in [0.25, 0.3) is 5.70 Å². The molecule has 0 fully saturated rings. The molecule has 0 spiro atoms. The number of fused-ring (bicyclic) bond motifs is 1. The Hall–Kier alpha value is -3.97. The highest BCUT2D eigenvalue weighted by atomic mass is 35.5. The zero-order valence-electron chi connectivity index (χ0n) is 17.9. The van der Waals surface area contributed by atoms with Gasteiger partial charge in [0.15, 0.2) is 0 Å². The lowest BCUT2D eigenvalue weighted by molar-refractivity contribution is -0.114. The molecule has 8 heteroatoms. The first-order valence-electron chi connectivity index (χ1n) is 10.5. The largest absolute Gasteiger partial charge is 0.324 e. The summed E-state index contributed by atoms with van der Waals surface area (Å²) in [7, 11) is 0. The van der Waals surface area contributed by atoms with Crippen LogP contribution >= 0.6 is 11.6 Å². The van der Waals surface area contributed by atoms with E-state index in [1.165, 1.54) is 0 Å². The predicted molar refractivity (Wildman–Crippen MR) is 129 cm³/mol. The number of aromatic nitrogens is 4. The molecule has 2 heterocycles. The van der Waals surface area contributed by atoms with E-state index in [1.54, 1.807) is 28.9 Å². The van der Waals surface area contributed by atoms with Gasteiger partial charge in [-0.05, 0) is 52.8 Å². The van der Waals surface area contributed by atoms with E-state index in [4.69, 9.17) is 11.6 Å². The third-order valence-electron chi connectivity index (χ3n) is 5.49. The van der Waals surface area contributed by atoms with E-state index in [-0.39, 0.29) is 18.5 Å². The second-order valence-corrected chi connectivity index (χ2v) is 8.28. The van der Waals surface area contributed by atoms with E-state index in [0.717, 1.165) is 22.4 Å². The van der Waals surface area contributed by atoms with Crippen LogP contribution in [-0.2, 0) is 4.79 Å². The SMILES string of the molecule is Cc1ccc(C2=CC(c3ccccc3)n3nnnc3N2CC(=O)Nc2cccc(Cl)c2)cc1. The molecular weight excluding hydrogens is 436 g/mol. The lowest BCUT2D eigenvalue weighted by atomic mass is 10.00. The van der Waals surface area contributed by atoms with E-state index in [0.29, 0.717) is 16.7 Å². The zero-order chi connectivity index (χ0) is 22.8. The van der Waals surface area contributed by atoms with Gasteiger partial charge in [0.05, 0.1) is 5.70 Å². The third kappa shape index (κ3) is 4.36. The molecule has 1 aliphatic rings. The predicted octanol–water partition coefficient (Wildman–Crippen LogP) is 4.72. The van der Waals surface area contributed by atoms with Crippen LogP contribution in [0.4, 0.5) is 11.6 Å². The van der Waals surface area contributed by atoms with E-state index < -0.39 is 0 Å². The average Bonchev–Trinajstić information content (AvgIpc) is 3.31. The molecule has 1 N–H and O–H groups in total. The van der Waals surface area contributed by atoms with Gasteiger partial charge >= 0.3 is 0 Å². The van der Waals surface area contributed by atoms with E-state index in [1.807, 2.05) is 54.3 Å². The average molecular weight is 457 g/mol. The number of anilines is 2. The Kier molecular flexibility index (Phi) is 5.62. The number of amides is 1. The molecule has 0 saturated carbocycles. The van der Waals surface area contributed by atoms with E-state index in [9.17, 15) is 4.79 Å². The molecule has 164 valence electrons. The molecule has 5 rings (SSSR count). The van der Waals surface area contributed by atoms with E-state index in [2.05, 4.69) is 39.1 Å². The number of nitrogens with zero attached hydrogens (tertiary/aromatic N) is 5. The molecule has 7 nitrogen and oxygen atoms in total. The van der Waals surface area contributed by atoms with Gasteiger partial charge in [0.2, 0.25) is 5.91 Å². The number of allylic oxidation sites excluding steroid dienone is 1. The molecule has 1 unspecified atom stereocenters. The first-order valence-corrected chi connectivity index (χ1v) is 10.9. The summed E-state index contributed by atoms with van der Waals surface area (Å²) in [5, 5.41) is 15.9. The molecule has 1 aliphatic heterocycles. The van der Waals surface area contributed by atoms with Crippen molar-refractivity contribution in [1.29, 1.82) is 0 Å². The van der Waals surface area contributed by atoms with Crippen molar-refractivity contribution >= 4 is 34.8 Å². The molecule has 1 atom stereocenters. The molecule has 1 amide bonds. The highest BCUT2D eigenvalue weighted by Crippen LogP contribution is 2.36. The van der Waals surface area contributed by atoms with Crippen LogP contribution in [0.2, 0.25) is 5.02 Å². The maximum absolute atomic E-state index is 13.0. The number of hydrogen-bond donors (Lipinski definition) is 1. The Bertz CT molecular complexity index is 1320. The second kappa shape index (κ2) is 8.88. The van der Waals surface area contributed by atoms with E-state index >= 15 is 0 Å². The molecule has 4 aromatic rings. The third-order valence-corrected chi connectivity index (χ3v) is 5.72. The number of rotatable bonds is 5. The quantitative estimate of drug-likeness (QED) is 0.470. The standard InChI is InChI=1S/C25H21ClN6O/c1-17-10-12-19(13-11-17)22-15-23(18-6-3-2-4-7-18)32-25(28-29-30-32)31(22)16-24(33)27-21-9-5-8-20(26)14-21/h2-15,23H,16H2,1H3,(H,27,33). The fourth-order valence-electron chi connectivity index (χ4n) is 3.89. The highest BCUT2D eigenvalue weighted by Gasteiger charge is 2.31. The lowest BCUT2D eigenvalue weighted by Gasteiger charge is -2.32. The zero-order valence-corrected chi connectivity index (χ0v) is 18.6. The first-order chi connectivity index (χ1) is 16.1. The van der Waals surface area contributed by atoms with Crippen molar-refractivity contribution in [2.24, 2.45) is 0 Å². The van der Waals surface area contributed by atoms with Crippen molar-refractivity contribution in [3.8, 4) is 0 Å². The minimum atomic E-state index is -0.206. The molecule has 0 aliphatic carbocycles. The normalized spacial score (nSPS) is 15.0. The van der Waals surface area contributed by atoms with Gasteiger partial charge in [-0.1, -0.05) is 82.9 Å². The van der Waals surface area contributed by atoms with Crippen LogP contribution in [0.3, 0.4) is 0 Å². The number of hydrogen-bond acceptors (Lipinski definition) is 5. The van der Waals surface area contributed by atoms with Crippen LogP contribution in [0.15, 0.2) is 84.9 Å². The van der Waals surface area contributed by atoms with Gasteiger partial charge in [0.25, 0.3) is 5.95 Å². The number of halogens is 1. The summed E-state index contributed by atoms with van der Waals surface area (Å²) in [6.45, 7) is 2.08. The monoisotopic (exact) mass is 456 g/mol. The molecule has 33 heavy (non-hydrogen) atoms.